The first kappa shape index (κ1) is 17.5. The number of aromatic nitrogens is 3. The number of anilines is 1. The third kappa shape index (κ3) is 4.25. The molecule has 27 heavy (non-hydrogen) atoms. The number of rotatable bonds is 6. The molecule has 0 atom stereocenters. The molecule has 1 saturated heterocycles. The molecule has 1 aliphatic rings. The lowest BCUT2D eigenvalue weighted by Gasteiger charge is -2.28. The third-order valence-corrected chi connectivity index (χ3v) is 4.54. The average molecular weight is 365 g/mol. The second-order valence-electron chi connectivity index (χ2n) is 6.44. The zero-order chi connectivity index (χ0) is 18.5. The normalized spacial score (nSPS) is 14.3. The predicted molar refractivity (Wildman–Crippen MR) is 103 cm³/mol. The summed E-state index contributed by atoms with van der Waals surface area (Å²) in [4.78, 5) is 15.7. The molecule has 0 radical (unpaired) electrons. The molecule has 7 nitrogen and oxygen atoms in total. The number of nitrogens with zero attached hydrogens (tertiary/aromatic N) is 4. The van der Waals surface area contributed by atoms with Crippen molar-refractivity contribution in [3.05, 3.63) is 54.2 Å². The quantitative estimate of drug-likeness (QED) is 0.719. The Morgan fingerprint density at radius 2 is 1.93 bits per heavy atom. The molecule has 0 bridgehead atoms. The van der Waals surface area contributed by atoms with E-state index in [9.17, 15) is 0 Å². The maximum atomic E-state index is 5.81. The number of hydrogen-bond donors (Lipinski definition) is 1. The number of aryl methyl sites for hydroxylation is 1. The van der Waals surface area contributed by atoms with Crippen LogP contribution in [0, 0.1) is 6.92 Å². The van der Waals surface area contributed by atoms with E-state index in [2.05, 4.69) is 25.2 Å². The van der Waals surface area contributed by atoms with Gasteiger partial charge < -0.3 is 19.4 Å². The van der Waals surface area contributed by atoms with Crippen LogP contribution >= 0.6 is 0 Å². The van der Waals surface area contributed by atoms with Crippen molar-refractivity contribution in [3.8, 4) is 17.3 Å². The van der Waals surface area contributed by atoms with Crippen molar-refractivity contribution < 1.29 is 9.15 Å². The van der Waals surface area contributed by atoms with E-state index in [0.29, 0.717) is 24.8 Å². The van der Waals surface area contributed by atoms with Crippen LogP contribution in [0.5, 0.6) is 5.88 Å². The lowest BCUT2D eigenvalue weighted by Crippen LogP contribution is -2.43. The van der Waals surface area contributed by atoms with E-state index in [0.717, 1.165) is 49.0 Å². The largest absolute Gasteiger partial charge is 0.476 e. The van der Waals surface area contributed by atoms with Gasteiger partial charge in [-0.05, 0) is 19.1 Å². The van der Waals surface area contributed by atoms with Gasteiger partial charge in [0.05, 0.1) is 24.7 Å². The molecule has 1 aliphatic heterocycles. The highest BCUT2D eigenvalue weighted by molar-refractivity contribution is 5.53. The fourth-order valence-electron chi connectivity index (χ4n) is 3.07. The maximum Gasteiger partial charge on any atom is 0.234 e. The van der Waals surface area contributed by atoms with E-state index >= 15 is 0 Å². The first-order valence-electron chi connectivity index (χ1n) is 9.22. The zero-order valence-corrected chi connectivity index (χ0v) is 15.4. The van der Waals surface area contributed by atoms with Crippen LogP contribution < -0.4 is 15.0 Å². The molecule has 3 aromatic rings. The fourth-order valence-corrected chi connectivity index (χ4v) is 3.07. The van der Waals surface area contributed by atoms with Gasteiger partial charge in [0.1, 0.15) is 5.76 Å². The molecular formula is C20H23N5O2. The minimum atomic E-state index is 0.474. The van der Waals surface area contributed by atoms with E-state index in [-0.39, 0.29) is 0 Å². The number of benzene rings is 1. The molecule has 0 spiro atoms. The van der Waals surface area contributed by atoms with Crippen LogP contribution in [0.15, 0.2) is 47.1 Å². The Morgan fingerprint density at radius 1 is 1.11 bits per heavy atom. The Bertz CT molecular complexity index is 875. The molecule has 3 heterocycles. The standard InChI is InChI=1S/C20H23N5O2/c1-15-17(23-20(27-15)16-5-3-2-4-6-16)7-12-26-19-14-22-13-18(24-19)25-10-8-21-9-11-25/h2-6,13-14,21H,7-12H2,1H3. The van der Waals surface area contributed by atoms with Crippen molar-refractivity contribution >= 4 is 5.82 Å². The summed E-state index contributed by atoms with van der Waals surface area (Å²) in [5.41, 5.74) is 1.88. The highest BCUT2D eigenvalue weighted by atomic mass is 16.5. The summed E-state index contributed by atoms with van der Waals surface area (Å²) in [6.45, 7) is 6.18. The van der Waals surface area contributed by atoms with Gasteiger partial charge in [-0.1, -0.05) is 18.2 Å². The first-order valence-corrected chi connectivity index (χ1v) is 9.22. The number of piperazine rings is 1. The zero-order valence-electron chi connectivity index (χ0n) is 15.4. The minimum absolute atomic E-state index is 0.474. The Morgan fingerprint density at radius 3 is 2.74 bits per heavy atom. The summed E-state index contributed by atoms with van der Waals surface area (Å²) in [6.07, 6.45) is 4.09. The molecular weight excluding hydrogens is 342 g/mol. The molecule has 4 rings (SSSR count). The van der Waals surface area contributed by atoms with Gasteiger partial charge in [0.2, 0.25) is 11.8 Å². The van der Waals surface area contributed by atoms with E-state index in [1.807, 2.05) is 37.3 Å². The third-order valence-electron chi connectivity index (χ3n) is 4.54. The Balaban J connectivity index is 1.37. The molecule has 7 heteroatoms. The number of oxazole rings is 1. The summed E-state index contributed by atoms with van der Waals surface area (Å²) < 4.78 is 11.6. The molecule has 140 valence electrons. The van der Waals surface area contributed by atoms with Gasteiger partial charge in [0, 0.05) is 38.2 Å². The van der Waals surface area contributed by atoms with Crippen LogP contribution in [0.25, 0.3) is 11.5 Å². The number of hydrogen-bond acceptors (Lipinski definition) is 7. The van der Waals surface area contributed by atoms with Gasteiger partial charge in [0.15, 0.2) is 5.82 Å². The van der Waals surface area contributed by atoms with Crippen molar-refractivity contribution in [2.24, 2.45) is 0 Å². The monoisotopic (exact) mass is 365 g/mol. The van der Waals surface area contributed by atoms with Crippen LogP contribution in [-0.2, 0) is 6.42 Å². The summed E-state index contributed by atoms with van der Waals surface area (Å²) in [5, 5.41) is 3.33. The van der Waals surface area contributed by atoms with E-state index in [1.165, 1.54) is 0 Å². The molecule has 2 aromatic heterocycles. The summed E-state index contributed by atoms with van der Waals surface area (Å²) in [7, 11) is 0. The van der Waals surface area contributed by atoms with Gasteiger partial charge in [0.25, 0.3) is 0 Å². The highest BCUT2D eigenvalue weighted by Crippen LogP contribution is 2.22. The second kappa shape index (κ2) is 8.18. The molecule has 0 aliphatic carbocycles. The summed E-state index contributed by atoms with van der Waals surface area (Å²) in [6, 6.07) is 9.90. The van der Waals surface area contributed by atoms with Crippen LogP contribution in [0.2, 0.25) is 0 Å². The topological polar surface area (TPSA) is 76.3 Å². The molecule has 1 fully saturated rings. The molecule has 0 amide bonds. The smallest absolute Gasteiger partial charge is 0.234 e. The van der Waals surface area contributed by atoms with E-state index in [4.69, 9.17) is 9.15 Å². The van der Waals surface area contributed by atoms with Crippen molar-refractivity contribution in [2.75, 3.05) is 37.7 Å². The van der Waals surface area contributed by atoms with Crippen LogP contribution in [0.3, 0.4) is 0 Å². The predicted octanol–water partition coefficient (Wildman–Crippen LogP) is 2.47. The van der Waals surface area contributed by atoms with Crippen LogP contribution in [0.1, 0.15) is 11.5 Å². The first-order chi connectivity index (χ1) is 13.3. The number of ether oxygens (including phenoxy) is 1. The van der Waals surface area contributed by atoms with Gasteiger partial charge in [-0.15, -0.1) is 0 Å². The van der Waals surface area contributed by atoms with Crippen molar-refractivity contribution in [1.82, 2.24) is 20.3 Å². The molecule has 0 unspecified atom stereocenters. The summed E-state index contributed by atoms with van der Waals surface area (Å²) in [5.74, 6) is 2.86. The van der Waals surface area contributed by atoms with Gasteiger partial charge in [-0.2, -0.15) is 4.98 Å². The van der Waals surface area contributed by atoms with Crippen molar-refractivity contribution in [1.29, 1.82) is 0 Å². The van der Waals surface area contributed by atoms with Gasteiger partial charge >= 0.3 is 0 Å². The second-order valence-corrected chi connectivity index (χ2v) is 6.44. The van der Waals surface area contributed by atoms with Crippen LogP contribution in [-0.4, -0.2) is 47.7 Å². The highest BCUT2D eigenvalue weighted by Gasteiger charge is 2.14. The summed E-state index contributed by atoms with van der Waals surface area (Å²) >= 11 is 0. The maximum absolute atomic E-state index is 5.81. The Labute approximate surface area is 158 Å². The molecule has 1 aromatic carbocycles. The minimum Gasteiger partial charge on any atom is -0.476 e. The Kier molecular flexibility index (Phi) is 5.29. The van der Waals surface area contributed by atoms with E-state index in [1.54, 1.807) is 12.4 Å². The van der Waals surface area contributed by atoms with Crippen molar-refractivity contribution in [3.63, 3.8) is 0 Å². The van der Waals surface area contributed by atoms with Crippen molar-refractivity contribution in [2.45, 2.75) is 13.3 Å². The Hall–Kier alpha value is -2.93. The SMILES string of the molecule is Cc1oc(-c2ccccc2)nc1CCOc1cncc(N2CCNCC2)n1. The lowest BCUT2D eigenvalue weighted by atomic mass is 10.2. The molecule has 1 N–H and O–H groups in total. The van der Waals surface area contributed by atoms with Gasteiger partial charge in [-0.25, -0.2) is 4.98 Å². The van der Waals surface area contributed by atoms with E-state index < -0.39 is 0 Å². The fraction of sp³-hybridized carbons (Fsp3) is 0.350. The van der Waals surface area contributed by atoms with Crippen LogP contribution in [0.4, 0.5) is 5.82 Å². The number of nitrogens with one attached hydrogen (secondary N) is 1. The molecule has 0 saturated carbocycles. The van der Waals surface area contributed by atoms with Gasteiger partial charge in [-0.3, -0.25) is 4.98 Å². The average Bonchev–Trinajstić information content (AvgIpc) is 3.10. The lowest BCUT2D eigenvalue weighted by molar-refractivity contribution is 0.306.